The van der Waals surface area contributed by atoms with Crippen molar-refractivity contribution in [3.63, 3.8) is 0 Å². The monoisotopic (exact) mass is 714 g/mol. The maximum atomic E-state index is 11.7. The lowest BCUT2D eigenvalue weighted by atomic mass is 9.96. The molecule has 260 valence electrons. The molecule has 3 aliphatic rings. The molecule has 2 fully saturated rings. The van der Waals surface area contributed by atoms with E-state index in [0.717, 1.165) is 66.1 Å². The van der Waals surface area contributed by atoms with Gasteiger partial charge in [0, 0.05) is 92.0 Å². The number of carbonyl (C=O) groups excluding carboxylic acids is 2. The highest BCUT2D eigenvalue weighted by Crippen LogP contribution is 2.43. The van der Waals surface area contributed by atoms with E-state index < -0.39 is 0 Å². The van der Waals surface area contributed by atoms with Crippen molar-refractivity contribution < 1.29 is 14.3 Å². The second kappa shape index (κ2) is 14.9. The van der Waals surface area contributed by atoms with E-state index in [0.29, 0.717) is 58.8 Å². The van der Waals surface area contributed by atoms with Gasteiger partial charge in [0.25, 0.3) is 0 Å². The van der Waals surface area contributed by atoms with E-state index in [-0.39, 0.29) is 29.9 Å². The van der Waals surface area contributed by atoms with Crippen molar-refractivity contribution in [1.82, 2.24) is 36.2 Å². The smallest absolute Gasteiger partial charge is 0.237 e. The van der Waals surface area contributed by atoms with Crippen molar-refractivity contribution in [3.8, 4) is 39.5 Å². The number of nitrogens with zero attached hydrogens (tertiary/aromatic N) is 4. The van der Waals surface area contributed by atoms with Crippen LogP contribution < -0.4 is 30.9 Å². The van der Waals surface area contributed by atoms with E-state index in [1.54, 1.807) is 13.3 Å². The molecule has 5 heterocycles. The van der Waals surface area contributed by atoms with E-state index in [2.05, 4.69) is 44.3 Å². The van der Waals surface area contributed by atoms with E-state index in [1.165, 1.54) is 0 Å². The molecule has 7 rings (SSSR count). The van der Waals surface area contributed by atoms with E-state index >= 15 is 0 Å². The number of pyridine rings is 1. The first-order chi connectivity index (χ1) is 24.3. The molecule has 2 saturated heterocycles. The zero-order valence-electron chi connectivity index (χ0n) is 28.1. The van der Waals surface area contributed by atoms with Crippen LogP contribution in [-0.2, 0) is 16.1 Å². The standard InChI is InChI=1S/C37H40Cl2N8O3/c1-47-16-15-28(41-18-22-10-14-33(49)44-22)27-11-12-29(45-36(27)47)25-7-3-5-23(34(25)38)24-6-4-8-26(35(24)39)30-20-42-31(37(46-30)50-2)19-40-17-21-9-13-32(48)43-21/h3-8,11-12,20-22,28,40-41H,9-10,13-19H2,1-2H3,(H,43,48)(H,44,49)/t21-,22+,28+/m0/s1. The molecule has 0 spiro atoms. The van der Waals surface area contributed by atoms with Crippen LogP contribution in [0.2, 0.25) is 10.0 Å². The summed E-state index contributed by atoms with van der Waals surface area (Å²) in [6, 6.07) is 16.3. The Morgan fingerprint density at radius 3 is 2.12 bits per heavy atom. The van der Waals surface area contributed by atoms with Crippen molar-refractivity contribution >= 4 is 40.8 Å². The number of hydrogen-bond acceptors (Lipinski definition) is 9. The van der Waals surface area contributed by atoms with Crippen LogP contribution in [0.15, 0.2) is 54.7 Å². The molecule has 2 aromatic heterocycles. The average Bonchev–Trinajstić information content (AvgIpc) is 3.75. The molecular formula is C37H40Cl2N8O3. The van der Waals surface area contributed by atoms with Gasteiger partial charge in [-0.05, 0) is 25.3 Å². The third-order valence-corrected chi connectivity index (χ3v) is 10.5. The molecule has 4 aromatic rings. The third-order valence-electron chi connectivity index (χ3n) is 9.70. The van der Waals surface area contributed by atoms with Crippen LogP contribution in [0, 0.1) is 0 Å². The quantitative estimate of drug-likeness (QED) is 0.163. The number of hydrogen-bond donors (Lipinski definition) is 4. The third kappa shape index (κ3) is 7.14. The number of methoxy groups -OCH3 is 1. The van der Waals surface area contributed by atoms with Crippen LogP contribution in [0.4, 0.5) is 5.82 Å². The van der Waals surface area contributed by atoms with Gasteiger partial charge in [-0.1, -0.05) is 65.7 Å². The lowest BCUT2D eigenvalue weighted by molar-refractivity contribution is -0.120. The van der Waals surface area contributed by atoms with Gasteiger partial charge in [-0.3, -0.25) is 14.6 Å². The van der Waals surface area contributed by atoms with Crippen LogP contribution in [0.25, 0.3) is 33.6 Å². The minimum Gasteiger partial charge on any atom is -0.480 e. The van der Waals surface area contributed by atoms with E-state index in [1.807, 2.05) is 42.5 Å². The molecule has 3 atom stereocenters. The summed E-state index contributed by atoms with van der Waals surface area (Å²) >= 11 is 14.3. The normalized spacial score (nSPS) is 20.1. The van der Waals surface area contributed by atoms with Crippen LogP contribution in [0.1, 0.15) is 49.4 Å². The summed E-state index contributed by atoms with van der Waals surface area (Å²) in [5.41, 5.74) is 6.20. The van der Waals surface area contributed by atoms with Gasteiger partial charge in [0.2, 0.25) is 17.7 Å². The molecular weight excluding hydrogens is 675 g/mol. The van der Waals surface area contributed by atoms with Gasteiger partial charge in [-0.2, -0.15) is 0 Å². The number of amides is 2. The summed E-state index contributed by atoms with van der Waals surface area (Å²) in [6.07, 6.45) is 5.48. The predicted molar refractivity (Wildman–Crippen MR) is 195 cm³/mol. The molecule has 3 aliphatic heterocycles. The molecule has 4 N–H and O–H groups in total. The van der Waals surface area contributed by atoms with Crippen molar-refractivity contribution in [2.75, 3.05) is 38.7 Å². The number of ether oxygens (including phenoxy) is 1. The number of fused-ring (bicyclic) bond motifs is 1. The van der Waals surface area contributed by atoms with Gasteiger partial charge in [-0.15, -0.1) is 0 Å². The molecule has 0 unspecified atom stereocenters. The van der Waals surface area contributed by atoms with Crippen LogP contribution in [0.5, 0.6) is 5.88 Å². The van der Waals surface area contributed by atoms with Crippen LogP contribution in [0.3, 0.4) is 0 Å². The first-order valence-electron chi connectivity index (χ1n) is 17.0. The van der Waals surface area contributed by atoms with Crippen molar-refractivity contribution in [3.05, 3.63) is 76.0 Å². The molecule has 0 bridgehead atoms. The Hall–Kier alpha value is -4.29. The summed E-state index contributed by atoms with van der Waals surface area (Å²) in [4.78, 5) is 39.9. The van der Waals surface area contributed by atoms with Crippen molar-refractivity contribution in [2.45, 2.75) is 56.8 Å². The molecule has 0 radical (unpaired) electrons. The van der Waals surface area contributed by atoms with Gasteiger partial charge in [-0.25, -0.2) is 9.97 Å². The Kier molecular flexibility index (Phi) is 10.2. The molecule has 50 heavy (non-hydrogen) atoms. The zero-order chi connectivity index (χ0) is 34.8. The number of halogens is 2. The van der Waals surface area contributed by atoms with Crippen molar-refractivity contribution in [2.24, 2.45) is 0 Å². The second-order valence-electron chi connectivity index (χ2n) is 13.1. The first kappa shape index (κ1) is 34.2. The molecule has 11 nitrogen and oxygen atoms in total. The van der Waals surface area contributed by atoms with Crippen LogP contribution in [-0.4, -0.2) is 72.6 Å². The highest BCUT2D eigenvalue weighted by molar-refractivity contribution is 6.39. The highest BCUT2D eigenvalue weighted by atomic mass is 35.5. The lowest BCUT2D eigenvalue weighted by Crippen LogP contribution is -2.40. The lowest BCUT2D eigenvalue weighted by Gasteiger charge is -2.33. The highest BCUT2D eigenvalue weighted by Gasteiger charge is 2.28. The Morgan fingerprint density at radius 1 is 0.840 bits per heavy atom. The zero-order valence-corrected chi connectivity index (χ0v) is 29.6. The molecule has 0 aliphatic carbocycles. The van der Waals surface area contributed by atoms with Gasteiger partial charge >= 0.3 is 0 Å². The predicted octanol–water partition coefficient (Wildman–Crippen LogP) is 5.31. The summed E-state index contributed by atoms with van der Waals surface area (Å²) in [5.74, 6) is 1.53. The van der Waals surface area contributed by atoms with Gasteiger partial charge in [0.05, 0.1) is 34.7 Å². The average molecular weight is 716 g/mol. The number of rotatable bonds is 11. The van der Waals surface area contributed by atoms with Gasteiger partial charge in [0.15, 0.2) is 0 Å². The summed E-state index contributed by atoms with van der Waals surface area (Å²) in [5, 5.41) is 14.1. The fraction of sp³-hybridized carbons (Fsp3) is 0.378. The Bertz CT molecular complexity index is 1920. The number of benzene rings is 2. The Labute approximate surface area is 301 Å². The summed E-state index contributed by atoms with van der Waals surface area (Å²) < 4.78 is 5.60. The molecule has 2 aromatic carbocycles. The Balaban J connectivity index is 1.12. The number of nitrogens with one attached hydrogen (secondary N) is 4. The minimum absolute atomic E-state index is 0.0875. The largest absolute Gasteiger partial charge is 0.480 e. The molecule has 13 heteroatoms. The second-order valence-corrected chi connectivity index (χ2v) is 13.8. The topological polar surface area (TPSA) is 133 Å². The molecule has 0 saturated carbocycles. The summed E-state index contributed by atoms with van der Waals surface area (Å²) in [7, 11) is 3.63. The maximum Gasteiger partial charge on any atom is 0.237 e. The fourth-order valence-corrected chi connectivity index (χ4v) is 7.63. The number of carbonyl (C=O) groups is 2. The van der Waals surface area contributed by atoms with E-state index in [4.69, 9.17) is 37.9 Å². The Morgan fingerprint density at radius 2 is 1.48 bits per heavy atom. The first-order valence-corrected chi connectivity index (χ1v) is 17.8. The summed E-state index contributed by atoms with van der Waals surface area (Å²) in [6.45, 7) is 2.68. The van der Waals surface area contributed by atoms with Gasteiger partial charge < -0.3 is 30.9 Å². The fourth-order valence-electron chi connectivity index (χ4n) is 6.98. The molecule has 2 amide bonds. The van der Waals surface area contributed by atoms with Gasteiger partial charge in [0.1, 0.15) is 11.5 Å². The van der Waals surface area contributed by atoms with E-state index in [9.17, 15) is 9.59 Å². The SMILES string of the molecule is COc1nc(-c2cccc(-c3cccc(-c4ccc5c(n4)N(C)CC[C@H]5NC[C@H]4CCC(=O)N4)c3Cl)c2Cl)cnc1CNC[C@@H]1CCC(=O)N1. The number of aromatic nitrogens is 3. The van der Waals surface area contributed by atoms with Crippen molar-refractivity contribution in [1.29, 1.82) is 0 Å². The number of anilines is 1. The maximum absolute atomic E-state index is 11.7. The minimum atomic E-state index is 0.0875. The van der Waals surface area contributed by atoms with Crippen LogP contribution >= 0.6 is 23.2 Å².